The van der Waals surface area contributed by atoms with Gasteiger partial charge in [-0.2, -0.15) is 0 Å². The van der Waals surface area contributed by atoms with Crippen LogP contribution in [0.2, 0.25) is 0 Å². The molecule has 2 atom stereocenters. The van der Waals surface area contributed by atoms with Crippen molar-refractivity contribution in [1.29, 1.82) is 0 Å². The Balaban J connectivity index is 2.08. The quantitative estimate of drug-likeness (QED) is 0.225. The molecule has 2 amide bonds. The largest absolute Gasteiger partial charge is 0.512 e. The number of nitrogens with one attached hydrogen (secondary N) is 1. The molecule has 0 aromatic rings. The Bertz CT molecular complexity index is 630. The number of ether oxygens (including phenoxy) is 1. The van der Waals surface area contributed by atoms with E-state index in [-0.39, 0.29) is 5.88 Å². The molecule has 2 heterocycles. The van der Waals surface area contributed by atoms with Gasteiger partial charge in [-0.3, -0.25) is 19.3 Å². The Morgan fingerprint density at radius 3 is 2.74 bits per heavy atom. The summed E-state index contributed by atoms with van der Waals surface area (Å²) in [6.45, 7) is 1.14. The zero-order chi connectivity index (χ0) is 17.1. The second kappa shape index (κ2) is 6.69. The maximum Gasteiger partial charge on any atom is 0.512 e. The van der Waals surface area contributed by atoms with Gasteiger partial charge in [-0.1, -0.05) is 5.16 Å². The van der Waals surface area contributed by atoms with Crippen molar-refractivity contribution >= 4 is 41.2 Å². The monoisotopic (exact) mass is 343 g/mol. The van der Waals surface area contributed by atoms with E-state index in [0.29, 0.717) is 5.75 Å². The highest BCUT2D eigenvalue weighted by atomic mass is 32.2. The number of carbonyl (C=O) groups excluding carboxylic acids is 3. The molecule has 2 rings (SSSR count). The van der Waals surface area contributed by atoms with Crippen LogP contribution in [0.1, 0.15) is 6.92 Å². The predicted octanol–water partition coefficient (Wildman–Crippen LogP) is -0.486. The first kappa shape index (κ1) is 16.8. The minimum Gasteiger partial charge on any atom is -0.449 e. The molecule has 0 aromatic carbocycles. The topological polar surface area (TPSA) is 135 Å². The van der Waals surface area contributed by atoms with Crippen molar-refractivity contribution in [2.24, 2.45) is 5.16 Å². The third-order valence-electron chi connectivity index (χ3n) is 3.02. The lowest BCUT2D eigenvalue weighted by Gasteiger charge is -2.47. The second-order valence-electron chi connectivity index (χ2n) is 4.47. The van der Waals surface area contributed by atoms with Gasteiger partial charge in [0.1, 0.15) is 18.5 Å². The van der Waals surface area contributed by atoms with Crippen molar-refractivity contribution in [3.63, 3.8) is 0 Å². The Morgan fingerprint density at radius 2 is 2.17 bits per heavy atom. The van der Waals surface area contributed by atoms with Crippen LogP contribution in [0.15, 0.2) is 17.1 Å². The minimum absolute atomic E-state index is 0.0888. The summed E-state index contributed by atoms with van der Waals surface area (Å²) in [7, 11) is 1.18. The predicted molar refractivity (Wildman–Crippen MR) is 77.3 cm³/mol. The molecule has 10 nitrogen and oxygen atoms in total. The molecule has 0 bridgehead atoms. The number of nitrogens with zero attached hydrogens (tertiary/aromatic N) is 2. The number of thioether (sulfide) groups is 1. The Labute approximate surface area is 134 Å². The summed E-state index contributed by atoms with van der Waals surface area (Å²) in [5.74, 6) is -1.67. The van der Waals surface area contributed by atoms with E-state index in [9.17, 15) is 19.2 Å². The first-order chi connectivity index (χ1) is 10.9. The third kappa shape index (κ3) is 3.28. The molecule has 2 aliphatic rings. The van der Waals surface area contributed by atoms with Crippen molar-refractivity contribution < 1.29 is 33.9 Å². The van der Waals surface area contributed by atoms with E-state index in [1.807, 2.05) is 0 Å². The van der Waals surface area contributed by atoms with Crippen LogP contribution in [0.3, 0.4) is 0 Å². The summed E-state index contributed by atoms with van der Waals surface area (Å²) in [4.78, 5) is 51.6. The minimum atomic E-state index is -1.53. The molecule has 0 aliphatic carbocycles. The number of hydrogen-bond donors (Lipinski definition) is 2. The summed E-state index contributed by atoms with van der Waals surface area (Å²) < 4.78 is 4.53. The van der Waals surface area contributed by atoms with Crippen molar-refractivity contribution in [1.82, 2.24) is 10.2 Å². The van der Waals surface area contributed by atoms with Crippen LogP contribution in [-0.2, 0) is 24.0 Å². The van der Waals surface area contributed by atoms with E-state index < -0.39 is 40.9 Å². The molecule has 0 spiro atoms. The summed E-state index contributed by atoms with van der Waals surface area (Å²) in [6.07, 6.45) is -0.0770. The number of Topliss-reactive ketones (excluding diaryl/α,β-unsaturated/α-hetero) is 1. The van der Waals surface area contributed by atoms with Gasteiger partial charge in [0.25, 0.3) is 11.8 Å². The first-order valence-corrected chi connectivity index (χ1v) is 7.40. The number of ketones is 1. The lowest BCUT2D eigenvalue weighted by atomic mass is 10.1. The molecule has 1 fully saturated rings. The number of rotatable bonds is 5. The van der Waals surface area contributed by atoms with Crippen LogP contribution in [0.4, 0.5) is 4.79 Å². The normalized spacial score (nSPS) is 23.2. The van der Waals surface area contributed by atoms with Crippen LogP contribution in [0, 0.1) is 0 Å². The standard InChI is InChI=1S/C12H13N3O7S/c1-5(16)7(14-21-2)9(17)13-8-10(18)15-6(22-12(19)20)3-4-23-11(8)15/h3,8,11H,4H2,1-2H3,(H,13,17)(H,19,20)/t8?,11-/m0/s1. The van der Waals surface area contributed by atoms with Crippen molar-refractivity contribution in [3.8, 4) is 0 Å². The summed E-state index contributed by atoms with van der Waals surface area (Å²) >= 11 is 1.32. The van der Waals surface area contributed by atoms with Gasteiger partial charge in [-0.25, -0.2) is 4.79 Å². The van der Waals surface area contributed by atoms with Gasteiger partial charge < -0.3 is 20.0 Å². The molecule has 1 saturated heterocycles. The molecule has 0 aromatic heterocycles. The maximum absolute atomic E-state index is 12.1. The fraction of sp³-hybridized carbons (Fsp3) is 0.417. The lowest BCUT2D eigenvalue weighted by Crippen LogP contribution is -2.70. The van der Waals surface area contributed by atoms with Gasteiger partial charge in [0, 0.05) is 12.7 Å². The molecule has 11 heteroatoms. The van der Waals surface area contributed by atoms with E-state index in [0.717, 1.165) is 11.8 Å². The van der Waals surface area contributed by atoms with Gasteiger partial charge in [-0.05, 0) is 6.08 Å². The Morgan fingerprint density at radius 1 is 1.48 bits per heavy atom. The fourth-order valence-electron chi connectivity index (χ4n) is 2.07. The Hall–Kier alpha value is -2.56. The number of fused-ring (bicyclic) bond motifs is 1. The highest BCUT2D eigenvalue weighted by Gasteiger charge is 2.53. The van der Waals surface area contributed by atoms with Crippen LogP contribution in [0.25, 0.3) is 0 Å². The van der Waals surface area contributed by atoms with Gasteiger partial charge in [0.2, 0.25) is 11.6 Å². The molecule has 2 aliphatic heterocycles. The van der Waals surface area contributed by atoms with E-state index in [4.69, 9.17) is 5.11 Å². The number of carbonyl (C=O) groups is 4. The highest BCUT2D eigenvalue weighted by Crippen LogP contribution is 2.37. The summed E-state index contributed by atoms with van der Waals surface area (Å²) in [6, 6.07) is -0.907. The summed E-state index contributed by atoms with van der Waals surface area (Å²) in [5, 5.41) is 13.8. The molecule has 0 saturated carbocycles. The van der Waals surface area contributed by atoms with Gasteiger partial charge in [0.15, 0.2) is 5.78 Å². The average molecular weight is 343 g/mol. The van der Waals surface area contributed by atoms with Crippen LogP contribution >= 0.6 is 11.8 Å². The van der Waals surface area contributed by atoms with Crippen molar-refractivity contribution in [3.05, 3.63) is 12.0 Å². The molecular weight excluding hydrogens is 330 g/mol. The van der Waals surface area contributed by atoms with Gasteiger partial charge in [-0.15, -0.1) is 11.8 Å². The van der Waals surface area contributed by atoms with Gasteiger partial charge >= 0.3 is 6.16 Å². The summed E-state index contributed by atoms with van der Waals surface area (Å²) in [5.41, 5.74) is -0.461. The number of amides is 2. The van der Waals surface area contributed by atoms with Crippen molar-refractivity contribution in [2.75, 3.05) is 12.9 Å². The fourth-order valence-corrected chi connectivity index (χ4v) is 3.23. The lowest BCUT2D eigenvalue weighted by molar-refractivity contribution is -0.148. The maximum atomic E-state index is 12.1. The van der Waals surface area contributed by atoms with Crippen LogP contribution in [0.5, 0.6) is 0 Å². The van der Waals surface area contributed by atoms with E-state index in [1.54, 1.807) is 0 Å². The Kier molecular flexibility index (Phi) is 4.89. The smallest absolute Gasteiger partial charge is 0.449 e. The molecule has 0 radical (unpaired) electrons. The molecular formula is C12H13N3O7S. The average Bonchev–Trinajstić information content (AvgIpc) is 2.48. The molecule has 1 unspecified atom stereocenters. The number of hydrogen-bond acceptors (Lipinski definition) is 8. The van der Waals surface area contributed by atoms with Crippen LogP contribution in [-0.4, -0.2) is 63.7 Å². The molecule has 2 N–H and O–H groups in total. The second-order valence-corrected chi connectivity index (χ2v) is 5.62. The number of oxime groups is 1. The molecule has 124 valence electrons. The van der Waals surface area contributed by atoms with E-state index in [2.05, 4.69) is 20.0 Å². The number of carboxylic acid groups (broad SMARTS) is 1. The zero-order valence-electron chi connectivity index (χ0n) is 12.1. The third-order valence-corrected chi connectivity index (χ3v) is 4.20. The van der Waals surface area contributed by atoms with E-state index in [1.165, 1.54) is 24.9 Å². The van der Waals surface area contributed by atoms with Crippen molar-refractivity contribution in [2.45, 2.75) is 18.3 Å². The highest BCUT2D eigenvalue weighted by molar-refractivity contribution is 8.00. The van der Waals surface area contributed by atoms with E-state index >= 15 is 0 Å². The van der Waals surface area contributed by atoms with Crippen LogP contribution < -0.4 is 5.32 Å². The SMILES string of the molecule is CON=C(C(C)=O)C(=O)NC1C(=O)N2C(OC(=O)O)=CCS[C@@H]12. The number of β-lactam (4-membered cyclic amide) rings is 1. The van der Waals surface area contributed by atoms with Gasteiger partial charge in [0.05, 0.1) is 0 Å². The molecule has 23 heavy (non-hydrogen) atoms. The first-order valence-electron chi connectivity index (χ1n) is 6.35. The zero-order valence-corrected chi connectivity index (χ0v) is 13.0.